The summed E-state index contributed by atoms with van der Waals surface area (Å²) in [7, 11) is 1.58. The number of anilines is 2. The van der Waals surface area contributed by atoms with Crippen LogP contribution in [0.25, 0.3) is 0 Å². The topological polar surface area (TPSA) is 81.6 Å². The highest BCUT2D eigenvalue weighted by atomic mass is 35.5. The third-order valence-corrected chi connectivity index (χ3v) is 4.22. The van der Waals surface area contributed by atoms with E-state index in [2.05, 4.69) is 11.0 Å². The van der Waals surface area contributed by atoms with E-state index < -0.39 is 0 Å². The molecule has 0 saturated heterocycles. The first kappa shape index (κ1) is 17.9. The molecule has 0 unspecified atom stereocenters. The molecule has 0 amide bonds. The largest absolute Gasteiger partial charge is 0.496 e. The standard InChI is InChI=1S/C17H19N3O3.ClH/c1-23-17-8-7-13(20(21)22)10-12(17)11-19-9-3-4-14-15(18)5-2-6-16(14)19;/h2,5-8,10H,3-4,9,11,18H2,1H3;1H. The molecule has 1 heterocycles. The Morgan fingerprint density at radius 2 is 2.12 bits per heavy atom. The van der Waals surface area contributed by atoms with Gasteiger partial charge in [-0.15, -0.1) is 12.4 Å². The first-order valence-corrected chi connectivity index (χ1v) is 7.54. The highest BCUT2D eigenvalue weighted by Crippen LogP contribution is 2.34. The van der Waals surface area contributed by atoms with Crippen LogP contribution in [0.2, 0.25) is 0 Å². The lowest BCUT2D eigenvalue weighted by Gasteiger charge is -2.32. The van der Waals surface area contributed by atoms with E-state index >= 15 is 0 Å². The summed E-state index contributed by atoms with van der Waals surface area (Å²) in [6.45, 7) is 1.45. The molecule has 0 aromatic heterocycles. The molecule has 0 aliphatic carbocycles. The van der Waals surface area contributed by atoms with E-state index in [4.69, 9.17) is 10.5 Å². The van der Waals surface area contributed by atoms with E-state index in [-0.39, 0.29) is 23.0 Å². The molecular weight excluding hydrogens is 330 g/mol. The quantitative estimate of drug-likeness (QED) is 0.518. The maximum Gasteiger partial charge on any atom is 0.270 e. The maximum absolute atomic E-state index is 11.0. The van der Waals surface area contributed by atoms with Crippen molar-refractivity contribution in [1.82, 2.24) is 0 Å². The first-order valence-electron chi connectivity index (χ1n) is 7.54. The van der Waals surface area contributed by atoms with Gasteiger partial charge < -0.3 is 15.4 Å². The minimum atomic E-state index is -0.384. The number of hydrogen-bond donors (Lipinski definition) is 1. The Morgan fingerprint density at radius 3 is 2.83 bits per heavy atom. The second-order valence-electron chi connectivity index (χ2n) is 5.62. The number of non-ortho nitro benzene ring substituents is 1. The second-order valence-corrected chi connectivity index (χ2v) is 5.62. The zero-order chi connectivity index (χ0) is 16.4. The fourth-order valence-electron chi connectivity index (χ4n) is 3.10. The molecule has 0 radical (unpaired) electrons. The van der Waals surface area contributed by atoms with Gasteiger partial charge in [-0.25, -0.2) is 0 Å². The highest BCUT2D eigenvalue weighted by molar-refractivity contribution is 5.85. The Hall–Kier alpha value is -2.47. The number of methoxy groups -OCH3 is 1. The van der Waals surface area contributed by atoms with Crippen LogP contribution in [0.4, 0.5) is 17.1 Å². The van der Waals surface area contributed by atoms with Crippen molar-refractivity contribution in [2.45, 2.75) is 19.4 Å². The Labute approximate surface area is 146 Å². The summed E-state index contributed by atoms with van der Waals surface area (Å²) in [6.07, 6.45) is 1.98. The van der Waals surface area contributed by atoms with Crippen LogP contribution in [0.5, 0.6) is 5.75 Å². The number of ether oxygens (including phenoxy) is 1. The van der Waals surface area contributed by atoms with Crippen molar-refractivity contribution in [3.63, 3.8) is 0 Å². The summed E-state index contributed by atoms with van der Waals surface area (Å²) in [5.74, 6) is 0.659. The van der Waals surface area contributed by atoms with Gasteiger partial charge in [0.2, 0.25) is 0 Å². The number of hydrogen-bond acceptors (Lipinski definition) is 5. The zero-order valence-electron chi connectivity index (χ0n) is 13.4. The van der Waals surface area contributed by atoms with E-state index in [1.165, 1.54) is 6.07 Å². The van der Waals surface area contributed by atoms with Crippen molar-refractivity contribution in [2.75, 3.05) is 24.3 Å². The molecule has 0 fully saturated rings. The van der Waals surface area contributed by atoms with Crippen molar-refractivity contribution >= 4 is 29.5 Å². The third kappa shape index (κ3) is 3.38. The number of nitro benzene ring substituents is 1. The van der Waals surface area contributed by atoms with E-state index in [9.17, 15) is 10.1 Å². The van der Waals surface area contributed by atoms with Crippen LogP contribution in [0.1, 0.15) is 17.5 Å². The Balaban J connectivity index is 0.00000208. The van der Waals surface area contributed by atoms with Gasteiger partial charge in [0.1, 0.15) is 5.75 Å². The Morgan fingerprint density at radius 1 is 1.33 bits per heavy atom. The van der Waals surface area contributed by atoms with Gasteiger partial charge in [0, 0.05) is 42.2 Å². The summed E-state index contributed by atoms with van der Waals surface area (Å²) in [6, 6.07) is 10.6. The summed E-state index contributed by atoms with van der Waals surface area (Å²) >= 11 is 0. The summed E-state index contributed by atoms with van der Waals surface area (Å²) in [4.78, 5) is 12.8. The van der Waals surface area contributed by atoms with Crippen LogP contribution in [0.15, 0.2) is 36.4 Å². The first-order chi connectivity index (χ1) is 11.1. The zero-order valence-corrected chi connectivity index (χ0v) is 14.2. The lowest BCUT2D eigenvalue weighted by Crippen LogP contribution is -2.29. The molecule has 0 spiro atoms. The molecule has 7 heteroatoms. The number of rotatable bonds is 4. The molecule has 1 aliphatic heterocycles. The van der Waals surface area contributed by atoms with Gasteiger partial charge in [-0.3, -0.25) is 10.1 Å². The van der Waals surface area contributed by atoms with Crippen LogP contribution >= 0.6 is 12.4 Å². The third-order valence-electron chi connectivity index (χ3n) is 4.22. The van der Waals surface area contributed by atoms with Crippen molar-refractivity contribution in [3.8, 4) is 5.75 Å². The predicted molar refractivity (Wildman–Crippen MR) is 97.1 cm³/mol. The molecule has 24 heavy (non-hydrogen) atoms. The highest BCUT2D eigenvalue weighted by Gasteiger charge is 2.21. The van der Waals surface area contributed by atoms with Crippen molar-refractivity contribution in [3.05, 3.63) is 57.6 Å². The summed E-state index contributed by atoms with van der Waals surface area (Å²) in [5.41, 5.74) is 10.0. The molecule has 2 aromatic carbocycles. The molecular formula is C17H20ClN3O3. The van der Waals surface area contributed by atoms with E-state index in [1.807, 2.05) is 12.1 Å². The van der Waals surface area contributed by atoms with Gasteiger partial charge in [0.15, 0.2) is 0 Å². The molecule has 2 N–H and O–H groups in total. The monoisotopic (exact) mass is 349 g/mol. The van der Waals surface area contributed by atoms with Gasteiger partial charge in [0.25, 0.3) is 5.69 Å². The van der Waals surface area contributed by atoms with Crippen molar-refractivity contribution < 1.29 is 9.66 Å². The van der Waals surface area contributed by atoms with Gasteiger partial charge in [-0.1, -0.05) is 6.07 Å². The molecule has 2 aromatic rings. The SMILES string of the molecule is COc1ccc([N+](=O)[O-])cc1CN1CCCc2c(N)cccc21.Cl. The normalized spacial score (nSPS) is 13.0. The number of nitrogens with zero attached hydrogens (tertiary/aromatic N) is 2. The molecule has 6 nitrogen and oxygen atoms in total. The fourth-order valence-corrected chi connectivity index (χ4v) is 3.10. The minimum Gasteiger partial charge on any atom is -0.496 e. The Kier molecular flexibility index (Phi) is 5.51. The Bertz CT molecular complexity index is 752. The number of nitro groups is 1. The van der Waals surface area contributed by atoms with Crippen molar-refractivity contribution in [2.24, 2.45) is 0 Å². The summed E-state index contributed by atoms with van der Waals surface area (Å²) < 4.78 is 5.36. The second kappa shape index (κ2) is 7.40. The van der Waals surface area contributed by atoms with Gasteiger partial charge >= 0.3 is 0 Å². The van der Waals surface area contributed by atoms with Crippen LogP contribution in [-0.2, 0) is 13.0 Å². The van der Waals surface area contributed by atoms with Gasteiger partial charge in [-0.05, 0) is 36.6 Å². The minimum absolute atomic E-state index is 0. The fraction of sp³-hybridized carbons (Fsp3) is 0.294. The van der Waals surface area contributed by atoms with Crippen LogP contribution < -0.4 is 15.4 Å². The number of nitrogen functional groups attached to an aromatic ring is 1. The van der Waals surface area contributed by atoms with Gasteiger partial charge in [-0.2, -0.15) is 0 Å². The van der Waals surface area contributed by atoms with Crippen molar-refractivity contribution in [1.29, 1.82) is 0 Å². The molecule has 0 atom stereocenters. The average Bonchev–Trinajstić information content (AvgIpc) is 2.55. The van der Waals surface area contributed by atoms with E-state index in [0.717, 1.165) is 41.9 Å². The molecule has 3 rings (SSSR count). The lowest BCUT2D eigenvalue weighted by molar-refractivity contribution is -0.384. The molecule has 1 aliphatic rings. The van der Waals surface area contributed by atoms with Crippen LogP contribution in [0, 0.1) is 10.1 Å². The smallest absolute Gasteiger partial charge is 0.270 e. The van der Waals surface area contributed by atoms with Crippen LogP contribution in [0.3, 0.4) is 0 Å². The number of fused-ring (bicyclic) bond motifs is 1. The molecule has 0 bridgehead atoms. The summed E-state index contributed by atoms with van der Waals surface area (Å²) in [5, 5.41) is 11.0. The average molecular weight is 350 g/mol. The number of nitrogens with two attached hydrogens (primary N) is 1. The lowest BCUT2D eigenvalue weighted by atomic mass is 9.99. The predicted octanol–water partition coefficient (Wildman–Crippen LogP) is 3.56. The number of halogens is 1. The van der Waals surface area contributed by atoms with E-state index in [0.29, 0.717) is 12.3 Å². The van der Waals surface area contributed by atoms with E-state index in [1.54, 1.807) is 19.2 Å². The van der Waals surface area contributed by atoms with Gasteiger partial charge in [0.05, 0.1) is 12.0 Å². The van der Waals surface area contributed by atoms with Crippen LogP contribution in [-0.4, -0.2) is 18.6 Å². The number of benzene rings is 2. The maximum atomic E-state index is 11.0. The molecule has 128 valence electrons. The molecule has 0 saturated carbocycles.